The molecule has 0 saturated heterocycles. The Hall–Kier alpha value is -4.97. The molecule has 2 aromatic heterocycles. The number of aromatic nitrogens is 3. The number of fused-ring (bicyclic) bond motifs is 2. The molecular weight excluding hydrogens is 468 g/mol. The van der Waals surface area contributed by atoms with E-state index in [-0.39, 0.29) is 11.1 Å². The normalized spacial score (nSPS) is 12.5. The molecule has 184 valence electrons. The highest BCUT2D eigenvalue weighted by Crippen LogP contribution is 2.40. The Morgan fingerprint density at radius 3 is 2.22 bits per heavy atom. The summed E-state index contributed by atoms with van der Waals surface area (Å²) in [6, 6.07) is 20.7. The summed E-state index contributed by atoms with van der Waals surface area (Å²) >= 11 is 0. The molecule has 37 heavy (non-hydrogen) atoms. The van der Waals surface area contributed by atoms with Gasteiger partial charge in [-0.05, 0) is 25.1 Å². The van der Waals surface area contributed by atoms with Crippen LogP contribution in [0.1, 0.15) is 16.1 Å². The van der Waals surface area contributed by atoms with Crippen molar-refractivity contribution in [3.63, 3.8) is 0 Å². The Kier molecular flexibility index (Phi) is 5.93. The van der Waals surface area contributed by atoms with Gasteiger partial charge in [0, 0.05) is 26.7 Å². The molecule has 4 aromatic rings. The van der Waals surface area contributed by atoms with E-state index in [0.717, 1.165) is 16.9 Å². The maximum Gasteiger partial charge on any atom is 0.339 e. The molecule has 0 aliphatic carbocycles. The molecule has 0 saturated carbocycles. The fourth-order valence-electron chi connectivity index (χ4n) is 4.70. The molecule has 1 aliphatic rings. The highest BCUT2D eigenvalue weighted by molar-refractivity contribution is 6.07. The van der Waals surface area contributed by atoms with Crippen LogP contribution in [0.2, 0.25) is 0 Å². The van der Waals surface area contributed by atoms with Crippen LogP contribution in [0.4, 0.5) is 11.4 Å². The highest BCUT2D eigenvalue weighted by atomic mass is 16.5. The number of carbonyl (C=O) groups is 2. The largest absolute Gasteiger partial charge is 0.454 e. The first-order chi connectivity index (χ1) is 17.8. The zero-order chi connectivity index (χ0) is 26.3. The molecule has 0 spiro atoms. The summed E-state index contributed by atoms with van der Waals surface area (Å²) in [5.41, 5.74) is 4.48. The van der Waals surface area contributed by atoms with Crippen LogP contribution < -0.4 is 9.80 Å². The summed E-state index contributed by atoms with van der Waals surface area (Å²) in [4.78, 5) is 34.7. The van der Waals surface area contributed by atoms with Crippen molar-refractivity contribution in [3.05, 3.63) is 83.3 Å². The second-order valence-electron chi connectivity index (χ2n) is 8.75. The van der Waals surface area contributed by atoms with Crippen molar-refractivity contribution in [3.8, 4) is 17.3 Å². The summed E-state index contributed by atoms with van der Waals surface area (Å²) in [7, 11) is 5.34. The lowest BCUT2D eigenvalue weighted by atomic mass is 10.1. The number of carbonyl (C=O) groups excluding carboxylic acids is 2. The van der Waals surface area contributed by atoms with Gasteiger partial charge in [0.1, 0.15) is 17.5 Å². The number of aryl methyl sites for hydroxylation is 2. The van der Waals surface area contributed by atoms with Crippen LogP contribution in [0, 0.1) is 18.3 Å². The number of benzene rings is 2. The van der Waals surface area contributed by atoms with Crippen molar-refractivity contribution in [2.45, 2.75) is 6.92 Å². The van der Waals surface area contributed by atoms with Crippen molar-refractivity contribution < 1.29 is 14.3 Å². The number of ketones is 1. The third-order valence-electron chi connectivity index (χ3n) is 6.45. The van der Waals surface area contributed by atoms with E-state index >= 15 is 0 Å². The first-order valence-corrected chi connectivity index (χ1v) is 11.6. The Labute approximate surface area is 213 Å². The van der Waals surface area contributed by atoms with E-state index in [1.165, 1.54) is 0 Å². The zero-order valence-electron chi connectivity index (χ0n) is 20.9. The molecule has 9 nitrogen and oxygen atoms in total. The predicted octanol–water partition coefficient (Wildman–Crippen LogP) is 3.99. The Morgan fingerprint density at radius 2 is 1.59 bits per heavy atom. The van der Waals surface area contributed by atoms with Crippen LogP contribution in [0.25, 0.3) is 22.3 Å². The molecule has 0 amide bonds. The lowest BCUT2D eigenvalue weighted by Crippen LogP contribution is -2.28. The van der Waals surface area contributed by atoms with E-state index in [9.17, 15) is 14.9 Å². The Balaban J connectivity index is 1.46. The predicted molar refractivity (Wildman–Crippen MR) is 140 cm³/mol. The second kappa shape index (κ2) is 9.24. The summed E-state index contributed by atoms with van der Waals surface area (Å²) < 4.78 is 7.08. The van der Waals surface area contributed by atoms with E-state index in [1.807, 2.05) is 60.7 Å². The van der Waals surface area contributed by atoms with Crippen LogP contribution in [0.5, 0.6) is 0 Å². The molecule has 0 bridgehead atoms. The van der Waals surface area contributed by atoms with E-state index in [1.54, 1.807) is 48.6 Å². The average Bonchev–Trinajstić information content (AvgIpc) is 3.35. The second-order valence-corrected chi connectivity index (χ2v) is 8.75. The molecular formula is C28H24N6O3. The van der Waals surface area contributed by atoms with Crippen molar-refractivity contribution in [2.75, 3.05) is 30.5 Å². The maximum absolute atomic E-state index is 13.3. The standard InChI is InChI=1S/C28H24N6O3/c1-17-25-19(14-21(18-10-6-5-7-11-18)30-26(25)34(4)31-17)28(36)37-16-24(35)20(15-29)27-32(2)22-12-8-9-13-23(22)33(27)3/h5-14H,16H2,1-4H3. The SMILES string of the molecule is Cc1nn(C)c2nc(-c3ccccc3)cc(C(=O)OCC(=O)C(C#N)=C3N(C)c4ccccc4N3C)c12. The fourth-order valence-corrected chi connectivity index (χ4v) is 4.70. The van der Waals surface area contributed by atoms with Gasteiger partial charge in [0.15, 0.2) is 12.3 Å². The number of rotatable bonds is 5. The molecule has 1 aliphatic heterocycles. The van der Waals surface area contributed by atoms with Crippen LogP contribution in [0.3, 0.4) is 0 Å². The topological polar surface area (TPSA) is 104 Å². The quantitative estimate of drug-likeness (QED) is 0.234. The van der Waals surface area contributed by atoms with Gasteiger partial charge in [-0.3, -0.25) is 9.48 Å². The molecule has 0 N–H and O–H groups in total. The number of pyridine rings is 1. The number of hydrogen-bond donors (Lipinski definition) is 0. The van der Waals surface area contributed by atoms with E-state index in [0.29, 0.717) is 28.2 Å². The van der Waals surface area contributed by atoms with Crippen molar-refractivity contribution >= 4 is 34.2 Å². The maximum atomic E-state index is 13.3. The molecule has 0 fully saturated rings. The lowest BCUT2D eigenvalue weighted by molar-refractivity contribution is -0.118. The molecule has 0 unspecified atom stereocenters. The number of ether oxygens (including phenoxy) is 1. The van der Waals surface area contributed by atoms with Gasteiger partial charge in [-0.15, -0.1) is 0 Å². The van der Waals surface area contributed by atoms with Gasteiger partial charge >= 0.3 is 5.97 Å². The van der Waals surface area contributed by atoms with E-state index in [4.69, 9.17) is 9.72 Å². The van der Waals surface area contributed by atoms with Gasteiger partial charge in [0.2, 0.25) is 5.78 Å². The summed E-state index contributed by atoms with van der Waals surface area (Å²) in [6.07, 6.45) is 0. The Morgan fingerprint density at radius 1 is 0.973 bits per heavy atom. The van der Waals surface area contributed by atoms with Gasteiger partial charge in [-0.2, -0.15) is 10.4 Å². The number of nitrogens with zero attached hydrogens (tertiary/aromatic N) is 6. The van der Waals surface area contributed by atoms with E-state index < -0.39 is 18.4 Å². The van der Waals surface area contributed by atoms with Gasteiger partial charge < -0.3 is 14.5 Å². The first kappa shape index (κ1) is 23.8. The van der Waals surface area contributed by atoms with Gasteiger partial charge in [-0.1, -0.05) is 42.5 Å². The number of anilines is 2. The molecule has 2 aromatic carbocycles. The molecule has 5 rings (SSSR count). The van der Waals surface area contributed by atoms with Gasteiger partial charge in [0.05, 0.1) is 33.7 Å². The van der Waals surface area contributed by atoms with Crippen LogP contribution >= 0.6 is 0 Å². The fraction of sp³-hybridized carbons (Fsp3) is 0.179. The molecule has 9 heteroatoms. The van der Waals surface area contributed by atoms with E-state index in [2.05, 4.69) is 5.10 Å². The first-order valence-electron chi connectivity index (χ1n) is 11.6. The van der Waals surface area contributed by atoms with Gasteiger partial charge in [0.25, 0.3) is 0 Å². The third-order valence-corrected chi connectivity index (χ3v) is 6.45. The molecule has 0 atom stereocenters. The number of para-hydroxylation sites is 2. The number of esters is 1. The van der Waals surface area contributed by atoms with Crippen LogP contribution in [0.15, 0.2) is 72.1 Å². The van der Waals surface area contributed by atoms with Crippen molar-refractivity contribution in [1.29, 1.82) is 5.26 Å². The number of nitriles is 1. The van der Waals surface area contributed by atoms with Crippen molar-refractivity contribution in [2.24, 2.45) is 7.05 Å². The number of hydrogen-bond acceptors (Lipinski definition) is 8. The zero-order valence-corrected chi connectivity index (χ0v) is 20.9. The summed E-state index contributed by atoms with van der Waals surface area (Å²) in [5.74, 6) is -0.841. The monoisotopic (exact) mass is 492 g/mol. The summed E-state index contributed by atoms with van der Waals surface area (Å²) in [6.45, 7) is 1.21. The summed E-state index contributed by atoms with van der Waals surface area (Å²) in [5, 5.41) is 14.8. The minimum Gasteiger partial charge on any atom is -0.454 e. The minimum absolute atomic E-state index is 0.0867. The average molecular weight is 493 g/mol. The lowest BCUT2D eigenvalue weighted by Gasteiger charge is -2.19. The molecule has 3 heterocycles. The smallest absolute Gasteiger partial charge is 0.339 e. The minimum atomic E-state index is -0.687. The Bertz CT molecular complexity index is 1600. The third kappa shape index (κ3) is 3.98. The van der Waals surface area contributed by atoms with Crippen LogP contribution in [-0.4, -0.2) is 47.2 Å². The number of Topliss-reactive ketones (excluding diaryl/α,β-unsaturated/α-hetero) is 1. The highest BCUT2D eigenvalue weighted by Gasteiger charge is 2.32. The molecule has 0 radical (unpaired) electrons. The van der Waals surface area contributed by atoms with Gasteiger partial charge in [-0.25, -0.2) is 9.78 Å². The van der Waals surface area contributed by atoms with Crippen molar-refractivity contribution in [1.82, 2.24) is 14.8 Å². The van der Waals surface area contributed by atoms with Crippen LogP contribution in [-0.2, 0) is 16.6 Å².